The van der Waals surface area contributed by atoms with Crippen LogP contribution in [0, 0.1) is 0 Å². The molecule has 0 bridgehead atoms. The number of carbonyl (C=O) groups is 2. The molecule has 1 unspecified atom stereocenters. The molecule has 1 atom stereocenters. The van der Waals surface area contributed by atoms with Crippen LogP contribution in [0.4, 0.5) is 0 Å². The molecule has 1 amide bonds. The van der Waals surface area contributed by atoms with Crippen LogP contribution < -0.4 is 19.5 Å². The van der Waals surface area contributed by atoms with Crippen LogP contribution in [-0.2, 0) is 27.2 Å². The Hall–Kier alpha value is -3.22. The number of aryl methyl sites for hydroxylation is 2. The second-order valence-electron chi connectivity index (χ2n) is 7.14. The predicted molar refractivity (Wildman–Crippen MR) is 104 cm³/mol. The van der Waals surface area contributed by atoms with Crippen molar-refractivity contribution >= 4 is 11.9 Å². The fourth-order valence-electron chi connectivity index (χ4n) is 3.52. The van der Waals surface area contributed by atoms with Crippen LogP contribution in [0.5, 0.6) is 17.2 Å². The molecule has 0 fully saturated rings. The molecule has 7 nitrogen and oxygen atoms in total. The average molecular weight is 397 g/mol. The number of hydrogen-bond donors (Lipinski definition) is 1. The summed E-state index contributed by atoms with van der Waals surface area (Å²) in [5.41, 5.74) is 3.48. The van der Waals surface area contributed by atoms with Crippen molar-refractivity contribution in [2.45, 2.75) is 32.2 Å². The third-order valence-corrected chi connectivity index (χ3v) is 5.07. The second-order valence-corrected chi connectivity index (χ2v) is 7.14. The summed E-state index contributed by atoms with van der Waals surface area (Å²) in [6, 6.07) is 11.1. The summed E-state index contributed by atoms with van der Waals surface area (Å²) in [4.78, 5) is 24.0. The number of benzene rings is 2. The zero-order valence-electron chi connectivity index (χ0n) is 16.2. The van der Waals surface area contributed by atoms with Gasteiger partial charge < -0.3 is 24.3 Å². The Bertz CT molecular complexity index is 926. The van der Waals surface area contributed by atoms with Gasteiger partial charge in [0.25, 0.3) is 5.91 Å². The summed E-state index contributed by atoms with van der Waals surface area (Å²) in [7, 11) is 0. The largest absolute Gasteiger partial charge is 0.482 e. The minimum atomic E-state index is -0.587. The maximum atomic E-state index is 12.1. The van der Waals surface area contributed by atoms with Gasteiger partial charge in [0.15, 0.2) is 24.7 Å². The normalized spacial score (nSPS) is 14.8. The highest BCUT2D eigenvalue weighted by Gasteiger charge is 2.18. The van der Waals surface area contributed by atoms with Crippen molar-refractivity contribution in [1.29, 1.82) is 0 Å². The molecule has 0 spiro atoms. The first-order valence-corrected chi connectivity index (χ1v) is 9.67. The zero-order chi connectivity index (χ0) is 20.2. The van der Waals surface area contributed by atoms with Gasteiger partial charge in [0.2, 0.25) is 6.79 Å². The van der Waals surface area contributed by atoms with Crippen molar-refractivity contribution < 1.29 is 28.5 Å². The smallest absolute Gasteiger partial charge is 0.344 e. The number of amides is 1. The van der Waals surface area contributed by atoms with E-state index in [9.17, 15) is 9.59 Å². The van der Waals surface area contributed by atoms with Crippen molar-refractivity contribution in [3.63, 3.8) is 0 Å². The number of nitrogens with one attached hydrogen (secondary N) is 1. The Morgan fingerprint density at radius 3 is 2.76 bits per heavy atom. The second kappa shape index (κ2) is 8.43. The number of carbonyl (C=O) groups excluding carboxylic acids is 2. The minimum Gasteiger partial charge on any atom is -0.482 e. The highest BCUT2D eigenvalue weighted by atomic mass is 16.7. The monoisotopic (exact) mass is 397 g/mol. The standard InChI is InChI=1S/C22H23NO6/c1-14(16-6-8-19-20(10-16)29-13-28-19)23-21(24)11-27-22(25)12-26-18-7-5-15-3-2-4-17(15)9-18/h5-10,14H,2-4,11-13H2,1H3,(H,23,24). The molecule has 29 heavy (non-hydrogen) atoms. The molecule has 7 heteroatoms. The fourth-order valence-corrected chi connectivity index (χ4v) is 3.52. The lowest BCUT2D eigenvalue weighted by molar-refractivity contribution is -0.150. The van der Waals surface area contributed by atoms with Gasteiger partial charge in [-0.2, -0.15) is 0 Å². The molecule has 0 saturated heterocycles. The minimum absolute atomic E-state index is 0.197. The maximum Gasteiger partial charge on any atom is 0.344 e. The molecule has 152 valence electrons. The van der Waals surface area contributed by atoms with Gasteiger partial charge in [-0.3, -0.25) is 4.79 Å². The first kappa shape index (κ1) is 19.1. The number of hydrogen-bond acceptors (Lipinski definition) is 6. The molecular formula is C22H23NO6. The lowest BCUT2D eigenvalue weighted by Gasteiger charge is -2.15. The summed E-state index contributed by atoms with van der Waals surface area (Å²) < 4.78 is 21.1. The molecule has 1 aliphatic carbocycles. The number of fused-ring (bicyclic) bond motifs is 2. The van der Waals surface area contributed by atoms with Gasteiger partial charge in [-0.25, -0.2) is 4.79 Å². The Morgan fingerprint density at radius 2 is 1.86 bits per heavy atom. The summed E-state index contributed by atoms with van der Waals surface area (Å²) in [5, 5.41) is 2.79. The quantitative estimate of drug-likeness (QED) is 0.724. The summed E-state index contributed by atoms with van der Waals surface area (Å²) in [6.45, 7) is 1.45. The van der Waals surface area contributed by atoms with Crippen molar-refractivity contribution in [2.75, 3.05) is 20.0 Å². The molecule has 2 aromatic carbocycles. The van der Waals surface area contributed by atoms with E-state index < -0.39 is 5.97 Å². The molecular weight excluding hydrogens is 374 g/mol. The molecule has 2 aliphatic rings. The van der Waals surface area contributed by atoms with E-state index in [4.69, 9.17) is 18.9 Å². The van der Waals surface area contributed by atoms with E-state index in [0.717, 1.165) is 24.8 Å². The molecule has 1 heterocycles. The molecule has 0 saturated carbocycles. The lowest BCUT2D eigenvalue weighted by atomic mass is 10.1. The molecule has 1 aliphatic heterocycles. The van der Waals surface area contributed by atoms with E-state index in [1.54, 1.807) is 6.07 Å². The number of ether oxygens (including phenoxy) is 4. The summed E-state index contributed by atoms with van der Waals surface area (Å²) >= 11 is 0. The van der Waals surface area contributed by atoms with Crippen LogP contribution in [-0.4, -0.2) is 31.9 Å². The van der Waals surface area contributed by atoms with Gasteiger partial charge in [0.05, 0.1) is 6.04 Å². The van der Waals surface area contributed by atoms with Crippen LogP contribution in [0.1, 0.15) is 36.1 Å². The van der Waals surface area contributed by atoms with E-state index in [2.05, 4.69) is 5.32 Å². The van der Waals surface area contributed by atoms with Crippen LogP contribution in [0.15, 0.2) is 36.4 Å². The molecule has 1 N–H and O–H groups in total. The Morgan fingerprint density at radius 1 is 1.03 bits per heavy atom. The maximum absolute atomic E-state index is 12.1. The van der Waals surface area contributed by atoms with Crippen LogP contribution in [0.25, 0.3) is 0 Å². The van der Waals surface area contributed by atoms with Gasteiger partial charge in [0, 0.05) is 0 Å². The van der Waals surface area contributed by atoms with Crippen molar-refractivity contribution in [3.05, 3.63) is 53.1 Å². The van der Waals surface area contributed by atoms with Crippen molar-refractivity contribution in [2.24, 2.45) is 0 Å². The van der Waals surface area contributed by atoms with E-state index in [0.29, 0.717) is 17.2 Å². The highest BCUT2D eigenvalue weighted by Crippen LogP contribution is 2.34. The van der Waals surface area contributed by atoms with Gasteiger partial charge in [0.1, 0.15) is 5.75 Å². The molecule has 0 aromatic heterocycles. The number of esters is 1. The van der Waals surface area contributed by atoms with E-state index in [1.807, 2.05) is 37.3 Å². The van der Waals surface area contributed by atoms with E-state index >= 15 is 0 Å². The van der Waals surface area contributed by atoms with Gasteiger partial charge in [-0.15, -0.1) is 0 Å². The lowest BCUT2D eigenvalue weighted by Crippen LogP contribution is -2.31. The first-order valence-electron chi connectivity index (χ1n) is 9.67. The van der Waals surface area contributed by atoms with Crippen LogP contribution >= 0.6 is 0 Å². The molecule has 0 radical (unpaired) electrons. The van der Waals surface area contributed by atoms with Crippen molar-refractivity contribution in [1.82, 2.24) is 5.32 Å². The van der Waals surface area contributed by atoms with Crippen LogP contribution in [0.3, 0.4) is 0 Å². The van der Waals surface area contributed by atoms with Gasteiger partial charge >= 0.3 is 5.97 Å². The Kier molecular flexibility index (Phi) is 5.55. The Labute approximate surface area is 168 Å². The third-order valence-electron chi connectivity index (χ3n) is 5.07. The van der Waals surface area contributed by atoms with E-state index in [1.165, 1.54) is 11.1 Å². The van der Waals surface area contributed by atoms with Crippen LogP contribution in [0.2, 0.25) is 0 Å². The molecule has 4 rings (SSSR count). The third kappa shape index (κ3) is 4.62. The number of rotatable bonds is 7. The first-order chi connectivity index (χ1) is 14.1. The highest BCUT2D eigenvalue weighted by molar-refractivity contribution is 5.81. The molecule has 2 aromatic rings. The predicted octanol–water partition coefficient (Wildman–Crippen LogP) is 2.70. The SMILES string of the molecule is CC(NC(=O)COC(=O)COc1ccc2c(c1)CCC2)c1ccc2c(c1)OCO2. The fraction of sp³-hybridized carbons (Fsp3) is 0.364. The Balaban J connectivity index is 1.20. The van der Waals surface area contributed by atoms with Crippen molar-refractivity contribution in [3.8, 4) is 17.2 Å². The van der Waals surface area contributed by atoms with E-state index in [-0.39, 0.29) is 32.0 Å². The summed E-state index contributed by atoms with van der Waals surface area (Å²) in [5.74, 6) is 1.00. The zero-order valence-corrected chi connectivity index (χ0v) is 16.2. The van der Waals surface area contributed by atoms with Gasteiger partial charge in [-0.05, 0) is 67.1 Å². The summed E-state index contributed by atoms with van der Waals surface area (Å²) in [6.07, 6.45) is 3.29. The topological polar surface area (TPSA) is 83.1 Å². The average Bonchev–Trinajstić information content (AvgIpc) is 3.38. The van der Waals surface area contributed by atoms with Gasteiger partial charge in [-0.1, -0.05) is 12.1 Å².